The van der Waals surface area contributed by atoms with Gasteiger partial charge in [0.1, 0.15) is 18.9 Å². The number of carbonyl (C=O) groups is 2. The number of aryl methyl sites for hydroxylation is 1. The number of ketones is 1. The Labute approximate surface area is 244 Å². The van der Waals surface area contributed by atoms with E-state index in [2.05, 4.69) is 80.7 Å². The smallest absolute Gasteiger partial charge is 0.254 e. The first-order valence-corrected chi connectivity index (χ1v) is 15.0. The molecule has 2 aliphatic rings. The van der Waals surface area contributed by atoms with Gasteiger partial charge in [-0.3, -0.25) is 4.79 Å². The van der Waals surface area contributed by atoms with Gasteiger partial charge in [0.15, 0.2) is 0 Å². The van der Waals surface area contributed by atoms with E-state index < -0.39 is 0 Å². The number of fused-ring (bicyclic) bond motifs is 3. The van der Waals surface area contributed by atoms with Gasteiger partial charge in [0.25, 0.3) is 5.91 Å². The molecule has 41 heavy (non-hydrogen) atoms. The number of hydrogen-bond donors (Lipinski definition) is 0. The van der Waals surface area contributed by atoms with Gasteiger partial charge in [0.05, 0.1) is 0 Å². The van der Waals surface area contributed by atoms with Gasteiger partial charge in [-0.15, -0.1) is 0 Å². The van der Waals surface area contributed by atoms with Crippen LogP contribution in [0.1, 0.15) is 85.1 Å². The fraction of sp³-hybridized carbons (Fsp3) is 0.417. The zero-order chi connectivity index (χ0) is 29.5. The molecular formula is C36H44N3O2+. The molecule has 5 heteroatoms. The van der Waals surface area contributed by atoms with Crippen LogP contribution in [0, 0.1) is 0 Å². The Hall–Kier alpha value is -3.73. The van der Waals surface area contributed by atoms with Crippen molar-refractivity contribution in [2.24, 2.45) is 0 Å². The van der Waals surface area contributed by atoms with Crippen LogP contribution in [0.15, 0.2) is 54.6 Å². The van der Waals surface area contributed by atoms with Crippen LogP contribution in [-0.2, 0) is 16.6 Å². The molecule has 3 aromatic rings. The highest BCUT2D eigenvalue weighted by molar-refractivity contribution is 6.01. The van der Waals surface area contributed by atoms with Crippen LogP contribution in [0.4, 0.5) is 5.69 Å². The van der Waals surface area contributed by atoms with Crippen molar-refractivity contribution in [3.63, 3.8) is 0 Å². The second-order valence-corrected chi connectivity index (χ2v) is 12.4. The van der Waals surface area contributed by atoms with E-state index in [1.807, 2.05) is 25.2 Å². The van der Waals surface area contributed by atoms with Crippen LogP contribution in [0.5, 0.6) is 0 Å². The number of anilines is 1. The summed E-state index contributed by atoms with van der Waals surface area (Å²) >= 11 is 0. The molecule has 1 aliphatic heterocycles. The molecule has 1 amide bonds. The summed E-state index contributed by atoms with van der Waals surface area (Å²) in [5.41, 5.74) is 8.94. The molecule has 0 radical (unpaired) electrons. The van der Waals surface area contributed by atoms with Gasteiger partial charge in [-0.25, -0.2) is 4.58 Å². The third-order valence-corrected chi connectivity index (χ3v) is 9.02. The molecule has 0 bridgehead atoms. The van der Waals surface area contributed by atoms with Crippen molar-refractivity contribution in [1.82, 2.24) is 9.48 Å². The Balaban J connectivity index is 1.81. The molecule has 0 fully saturated rings. The van der Waals surface area contributed by atoms with E-state index in [4.69, 9.17) is 0 Å². The third kappa shape index (κ3) is 5.23. The average molecular weight is 551 g/mol. The zero-order valence-corrected chi connectivity index (χ0v) is 25.8. The Morgan fingerprint density at radius 3 is 2.41 bits per heavy atom. The minimum atomic E-state index is -0.214. The van der Waals surface area contributed by atoms with Gasteiger partial charge in [-0.05, 0) is 84.0 Å². The maximum atomic E-state index is 13.9. The number of nitrogens with zero attached hydrogens (tertiary/aromatic N) is 3. The molecule has 5 rings (SSSR count). The summed E-state index contributed by atoms with van der Waals surface area (Å²) < 4.78 is 2.51. The van der Waals surface area contributed by atoms with Crippen LogP contribution in [0.3, 0.4) is 0 Å². The first-order chi connectivity index (χ1) is 19.5. The summed E-state index contributed by atoms with van der Waals surface area (Å²) in [6.45, 7) is 11.2. The lowest BCUT2D eigenvalue weighted by atomic mass is 9.68. The number of amides is 1. The predicted octanol–water partition coefficient (Wildman–Crippen LogP) is 4.54. The van der Waals surface area contributed by atoms with E-state index in [9.17, 15) is 9.59 Å². The topological polar surface area (TPSA) is 43.6 Å². The van der Waals surface area contributed by atoms with Crippen molar-refractivity contribution < 1.29 is 9.59 Å². The first-order valence-electron chi connectivity index (χ1n) is 15.0. The van der Waals surface area contributed by atoms with Crippen LogP contribution < -0.4 is 20.1 Å². The van der Waals surface area contributed by atoms with E-state index in [1.54, 1.807) is 11.8 Å². The summed E-state index contributed by atoms with van der Waals surface area (Å²) in [4.78, 5) is 29.3. The molecule has 0 unspecified atom stereocenters. The Morgan fingerprint density at radius 1 is 0.951 bits per heavy atom. The molecule has 5 nitrogen and oxygen atoms in total. The number of rotatable bonds is 8. The Kier molecular flexibility index (Phi) is 7.91. The Bertz CT molecular complexity index is 1650. The largest absolute Gasteiger partial charge is 0.378 e. The minimum absolute atomic E-state index is 0.00962. The van der Waals surface area contributed by atoms with Crippen molar-refractivity contribution in [1.29, 1.82) is 0 Å². The van der Waals surface area contributed by atoms with Gasteiger partial charge in [-0.2, -0.15) is 0 Å². The normalized spacial score (nSPS) is 15.1. The Morgan fingerprint density at radius 2 is 1.71 bits per heavy atom. The van der Waals surface area contributed by atoms with Crippen LogP contribution in [0.2, 0.25) is 0 Å². The molecule has 1 aliphatic carbocycles. The molecule has 0 spiro atoms. The summed E-state index contributed by atoms with van der Waals surface area (Å²) in [6, 6.07) is 19.7. The molecule has 0 aromatic heterocycles. The molecular weight excluding hydrogens is 506 g/mol. The molecule has 3 aromatic carbocycles. The first kappa shape index (κ1) is 28.8. The fourth-order valence-electron chi connectivity index (χ4n) is 6.65. The molecule has 0 atom stereocenters. The molecule has 0 saturated heterocycles. The number of benzene rings is 3. The average Bonchev–Trinajstić information content (AvgIpc) is 2.95. The van der Waals surface area contributed by atoms with Gasteiger partial charge in [0.2, 0.25) is 5.36 Å². The van der Waals surface area contributed by atoms with Crippen molar-refractivity contribution in [2.75, 3.05) is 45.7 Å². The summed E-state index contributed by atoms with van der Waals surface area (Å²) in [5, 5.41) is 2.59. The lowest BCUT2D eigenvalue weighted by Crippen LogP contribution is -2.43. The maximum Gasteiger partial charge on any atom is 0.254 e. The molecule has 0 N–H and O–H groups in total. The van der Waals surface area contributed by atoms with Gasteiger partial charge in [0, 0.05) is 68.8 Å². The third-order valence-electron chi connectivity index (χ3n) is 9.02. The summed E-state index contributed by atoms with van der Waals surface area (Å²) in [6.07, 6.45) is 3.38. The highest BCUT2D eigenvalue weighted by Gasteiger charge is 2.36. The minimum Gasteiger partial charge on any atom is -0.378 e. The second kappa shape index (κ2) is 11.3. The van der Waals surface area contributed by atoms with Crippen molar-refractivity contribution >= 4 is 23.0 Å². The van der Waals surface area contributed by atoms with Crippen molar-refractivity contribution in [2.45, 2.75) is 58.8 Å². The van der Waals surface area contributed by atoms with E-state index in [0.717, 1.165) is 37.1 Å². The van der Waals surface area contributed by atoms with Crippen LogP contribution >= 0.6 is 0 Å². The quantitative estimate of drug-likeness (QED) is 0.387. The lowest BCUT2D eigenvalue weighted by molar-refractivity contribution is -0.117. The maximum absolute atomic E-state index is 13.9. The van der Waals surface area contributed by atoms with Gasteiger partial charge in [-0.1, -0.05) is 38.1 Å². The van der Waals surface area contributed by atoms with Gasteiger partial charge < -0.3 is 14.6 Å². The molecule has 0 saturated carbocycles. The highest BCUT2D eigenvalue weighted by Crippen LogP contribution is 2.42. The van der Waals surface area contributed by atoms with Crippen molar-refractivity contribution in [3.05, 3.63) is 98.6 Å². The van der Waals surface area contributed by atoms with Gasteiger partial charge >= 0.3 is 0 Å². The van der Waals surface area contributed by atoms with Crippen LogP contribution in [0.25, 0.3) is 5.57 Å². The molecule has 214 valence electrons. The lowest BCUT2D eigenvalue weighted by Gasteiger charge is -2.36. The van der Waals surface area contributed by atoms with Crippen LogP contribution in [-0.4, -0.2) is 57.4 Å². The van der Waals surface area contributed by atoms with E-state index in [0.29, 0.717) is 24.9 Å². The monoisotopic (exact) mass is 550 g/mol. The molecule has 1 heterocycles. The van der Waals surface area contributed by atoms with E-state index in [1.165, 1.54) is 38.5 Å². The SMILES string of the molecule is CC[N+]1=c2cc3c(cc2CCC1)=C(c1ccccc1C(=O)N(C)CCCC(C)=O)c1ccc(N(C)C)cc1C3(C)C. The van der Waals surface area contributed by atoms with E-state index >= 15 is 0 Å². The highest BCUT2D eigenvalue weighted by atomic mass is 16.2. The fourth-order valence-corrected chi connectivity index (χ4v) is 6.65. The predicted molar refractivity (Wildman–Crippen MR) is 168 cm³/mol. The van der Waals surface area contributed by atoms with E-state index in [-0.39, 0.29) is 17.1 Å². The van der Waals surface area contributed by atoms with Crippen molar-refractivity contribution in [3.8, 4) is 0 Å². The number of Topliss-reactive ketones (excluding diaryl/α,β-unsaturated/α-hetero) is 1. The summed E-state index contributed by atoms with van der Waals surface area (Å²) in [7, 11) is 6.01. The standard InChI is InChI=1S/C36H44N3O2/c1-8-39-20-12-14-25-21-30-32(23-33(25)39)36(3,4)31-22-26(37(5)6)17-18-29(31)34(30)27-15-9-10-16-28(27)35(41)38(7)19-11-13-24(2)40/h9-10,15-18,21-23H,8,11-14,19-20H2,1-7H3/q+1. The number of carbonyl (C=O) groups excluding carboxylic acids is 2. The summed E-state index contributed by atoms with van der Waals surface area (Å²) in [5.74, 6) is 0.145. The number of hydrogen-bond acceptors (Lipinski definition) is 3. The second-order valence-electron chi connectivity index (χ2n) is 12.4. The zero-order valence-electron chi connectivity index (χ0n) is 25.8.